The normalized spacial score (nSPS) is 20.5. The Morgan fingerprint density at radius 1 is 1.14 bits per heavy atom. The van der Waals surface area contributed by atoms with Gasteiger partial charge in [0.15, 0.2) is 11.5 Å². The van der Waals surface area contributed by atoms with Crippen LogP contribution in [0.25, 0.3) is 28.1 Å². The summed E-state index contributed by atoms with van der Waals surface area (Å²) in [6.45, 7) is 4.50. The predicted octanol–water partition coefficient (Wildman–Crippen LogP) is 4.38. The average Bonchev–Trinajstić information content (AvgIpc) is 3.43. The second-order valence-electron chi connectivity index (χ2n) is 9.94. The van der Waals surface area contributed by atoms with Crippen LogP contribution in [-0.2, 0) is 4.74 Å². The van der Waals surface area contributed by atoms with Crippen molar-refractivity contribution in [2.24, 2.45) is 5.73 Å². The second kappa shape index (κ2) is 9.55. The van der Waals surface area contributed by atoms with E-state index in [0.29, 0.717) is 41.5 Å². The van der Waals surface area contributed by atoms with E-state index in [0.717, 1.165) is 5.39 Å². The van der Waals surface area contributed by atoms with E-state index < -0.39 is 17.8 Å². The van der Waals surface area contributed by atoms with Gasteiger partial charge in [-0.2, -0.15) is 13.2 Å². The molecule has 4 aromatic rings. The zero-order valence-electron chi connectivity index (χ0n) is 20.9. The van der Waals surface area contributed by atoms with Gasteiger partial charge in [0.05, 0.1) is 11.6 Å². The Kier molecular flexibility index (Phi) is 6.55. The number of alkyl halides is 3. The third-order valence-corrected chi connectivity index (χ3v) is 6.73. The van der Waals surface area contributed by atoms with Crippen LogP contribution in [0, 0.1) is 0 Å². The number of aromatic nitrogens is 4. The predicted molar refractivity (Wildman–Crippen MR) is 133 cm³/mol. The van der Waals surface area contributed by atoms with Crippen LogP contribution in [0.3, 0.4) is 0 Å². The van der Waals surface area contributed by atoms with Crippen LogP contribution in [-0.4, -0.2) is 69.1 Å². The molecule has 37 heavy (non-hydrogen) atoms. The molecule has 196 valence electrons. The van der Waals surface area contributed by atoms with Gasteiger partial charge in [-0.15, -0.1) is 10.2 Å². The summed E-state index contributed by atoms with van der Waals surface area (Å²) >= 11 is 0. The summed E-state index contributed by atoms with van der Waals surface area (Å²) in [7, 11) is 1.62. The minimum Gasteiger partial charge on any atom is -0.491 e. The van der Waals surface area contributed by atoms with Gasteiger partial charge < -0.3 is 15.2 Å². The zero-order chi connectivity index (χ0) is 26.4. The van der Waals surface area contributed by atoms with Crippen molar-refractivity contribution in [3.63, 3.8) is 0 Å². The summed E-state index contributed by atoms with van der Waals surface area (Å²) in [6, 6.07) is 10.4. The standard InChI is InChI=1S/C26H29F3N6O2/c1-16(36-3)14-37-19-7-4-17-5-8-20(31-21(17)12-19)24-33-32-22-9-6-18(13-35(22)24)23(26(27,28)29)34-11-10-25(2,30)15-34/h4-9,12-13,16,23H,10-11,14-15,30H2,1-3H3/t16-,23+,25+/m1/s1. The van der Waals surface area contributed by atoms with Gasteiger partial charge in [0.2, 0.25) is 0 Å². The molecule has 0 unspecified atom stereocenters. The monoisotopic (exact) mass is 514 g/mol. The van der Waals surface area contributed by atoms with Crippen LogP contribution in [0.4, 0.5) is 13.2 Å². The number of ether oxygens (including phenoxy) is 2. The fourth-order valence-electron chi connectivity index (χ4n) is 4.68. The molecule has 0 aliphatic carbocycles. The highest BCUT2D eigenvalue weighted by molar-refractivity contribution is 5.82. The molecule has 0 saturated carbocycles. The van der Waals surface area contributed by atoms with E-state index >= 15 is 0 Å². The quantitative estimate of drug-likeness (QED) is 0.391. The van der Waals surface area contributed by atoms with E-state index in [4.69, 9.17) is 20.2 Å². The molecule has 3 aromatic heterocycles. The first-order valence-corrected chi connectivity index (χ1v) is 12.1. The van der Waals surface area contributed by atoms with Crippen molar-refractivity contribution in [1.82, 2.24) is 24.5 Å². The highest BCUT2D eigenvalue weighted by Crippen LogP contribution is 2.41. The Labute approximate surface area is 212 Å². The molecule has 5 rings (SSSR count). The molecule has 8 nitrogen and oxygen atoms in total. The number of fused-ring (bicyclic) bond motifs is 2. The molecule has 1 aliphatic heterocycles. The van der Waals surface area contributed by atoms with Gasteiger partial charge in [-0.1, -0.05) is 12.1 Å². The summed E-state index contributed by atoms with van der Waals surface area (Å²) in [6.07, 6.45) is -2.59. The third kappa shape index (κ3) is 5.25. The van der Waals surface area contributed by atoms with Crippen LogP contribution in [0.1, 0.15) is 31.9 Å². The summed E-state index contributed by atoms with van der Waals surface area (Å²) in [5, 5.41) is 9.28. The Morgan fingerprint density at radius 2 is 1.92 bits per heavy atom. The number of rotatable bonds is 7. The minimum atomic E-state index is -4.47. The molecule has 0 amide bonds. The van der Waals surface area contributed by atoms with Crippen molar-refractivity contribution in [3.05, 3.63) is 54.2 Å². The van der Waals surface area contributed by atoms with Crippen LogP contribution >= 0.6 is 0 Å². The largest absolute Gasteiger partial charge is 0.491 e. The molecule has 0 bridgehead atoms. The lowest BCUT2D eigenvalue weighted by Gasteiger charge is -2.31. The van der Waals surface area contributed by atoms with E-state index in [2.05, 4.69) is 10.2 Å². The Balaban J connectivity index is 1.51. The summed E-state index contributed by atoms with van der Waals surface area (Å²) in [4.78, 5) is 6.11. The van der Waals surface area contributed by atoms with Crippen molar-refractivity contribution in [1.29, 1.82) is 0 Å². The Bertz CT molecular complexity index is 1420. The summed E-state index contributed by atoms with van der Waals surface area (Å²) in [5.41, 5.74) is 7.16. The number of pyridine rings is 2. The van der Waals surface area contributed by atoms with Gasteiger partial charge in [-0.05, 0) is 50.1 Å². The van der Waals surface area contributed by atoms with Crippen molar-refractivity contribution in [2.45, 2.75) is 44.1 Å². The van der Waals surface area contributed by atoms with Crippen molar-refractivity contribution >= 4 is 16.6 Å². The van der Waals surface area contributed by atoms with Gasteiger partial charge in [-0.25, -0.2) is 4.98 Å². The lowest BCUT2D eigenvalue weighted by atomic mass is 10.0. The molecule has 4 heterocycles. The van der Waals surface area contributed by atoms with Crippen LogP contribution in [0.5, 0.6) is 5.75 Å². The number of hydrogen-bond donors (Lipinski definition) is 1. The molecule has 1 saturated heterocycles. The maximum atomic E-state index is 14.3. The van der Waals surface area contributed by atoms with Crippen LogP contribution in [0.2, 0.25) is 0 Å². The number of hydrogen-bond acceptors (Lipinski definition) is 7. The van der Waals surface area contributed by atoms with Crippen molar-refractivity contribution in [3.8, 4) is 17.3 Å². The Morgan fingerprint density at radius 3 is 2.62 bits per heavy atom. The van der Waals surface area contributed by atoms with Gasteiger partial charge in [0.25, 0.3) is 0 Å². The van der Waals surface area contributed by atoms with E-state index in [1.807, 2.05) is 31.2 Å². The highest BCUT2D eigenvalue weighted by Gasteiger charge is 2.48. The number of nitrogens with zero attached hydrogens (tertiary/aromatic N) is 5. The zero-order valence-corrected chi connectivity index (χ0v) is 20.9. The van der Waals surface area contributed by atoms with Gasteiger partial charge in [0.1, 0.15) is 24.1 Å². The van der Waals surface area contributed by atoms with E-state index in [1.165, 1.54) is 17.2 Å². The van der Waals surface area contributed by atoms with Crippen LogP contribution in [0.15, 0.2) is 48.7 Å². The lowest BCUT2D eigenvalue weighted by molar-refractivity contribution is -0.184. The number of likely N-dealkylation sites (tertiary alicyclic amines) is 1. The van der Waals surface area contributed by atoms with E-state index in [9.17, 15) is 13.2 Å². The third-order valence-electron chi connectivity index (χ3n) is 6.73. The lowest BCUT2D eigenvalue weighted by Crippen LogP contribution is -2.43. The first-order valence-electron chi connectivity index (χ1n) is 12.1. The van der Waals surface area contributed by atoms with Crippen molar-refractivity contribution < 1.29 is 22.6 Å². The average molecular weight is 515 g/mol. The smallest absolute Gasteiger partial charge is 0.408 e. The first kappa shape index (κ1) is 25.4. The molecule has 2 N–H and O–H groups in total. The number of methoxy groups -OCH3 is 1. The van der Waals surface area contributed by atoms with Crippen LogP contribution < -0.4 is 10.5 Å². The molecule has 1 aliphatic rings. The minimum absolute atomic E-state index is 0.0637. The number of halogens is 3. The van der Waals surface area contributed by atoms with Gasteiger partial charge in [-0.3, -0.25) is 9.30 Å². The number of benzene rings is 1. The van der Waals surface area contributed by atoms with Gasteiger partial charge in [0, 0.05) is 43.4 Å². The molecular formula is C26H29F3N6O2. The first-order chi connectivity index (χ1) is 17.5. The SMILES string of the molecule is CO[C@H](C)COc1ccc2ccc(-c3nnc4ccc([C@H](N5CC[C@](C)(N)C5)C(F)(F)F)cn34)nc2c1. The van der Waals surface area contributed by atoms with E-state index in [-0.39, 0.29) is 24.8 Å². The van der Waals surface area contributed by atoms with Gasteiger partial charge >= 0.3 is 6.18 Å². The van der Waals surface area contributed by atoms with E-state index in [1.54, 1.807) is 30.6 Å². The fourth-order valence-corrected chi connectivity index (χ4v) is 4.68. The molecule has 0 spiro atoms. The summed E-state index contributed by atoms with van der Waals surface area (Å²) < 4.78 is 55.3. The number of nitrogens with two attached hydrogens (primary N) is 1. The molecule has 11 heteroatoms. The molecular weight excluding hydrogens is 485 g/mol. The molecule has 0 radical (unpaired) electrons. The Hall–Kier alpha value is -3.28. The highest BCUT2D eigenvalue weighted by atomic mass is 19.4. The summed E-state index contributed by atoms with van der Waals surface area (Å²) in [5.74, 6) is 0.990. The second-order valence-corrected chi connectivity index (χ2v) is 9.94. The molecule has 1 fully saturated rings. The molecule has 1 aromatic carbocycles. The maximum absolute atomic E-state index is 14.3. The molecule has 3 atom stereocenters. The van der Waals surface area contributed by atoms with Crippen molar-refractivity contribution in [2.75, 3.05) is 26.8 Å². The maximum Gasteiger partial charge on any atom is 0.408 e. The topological polar surface area (TPSA) is 90.8 Å². The fraction of sp³-hybridized carbons (Fsp3) is 0.423.